The lowest BCUT2D eigenvalue weighted by Crippen LogP contribution is -2.13. The first-order valence-electron chi connectivity index (χ1n) is 6.81. The van der Waals surface area contributed by atoms with Crippen molar-refractivity contribution in [2.45, 2.75) is 0 Å². The van der Waals surface area contributed by atoms with E-state index in [9.17, 15) is 15.2 Å². The number of carbonyl (C=O) groups excluding carboxylic acids is 1. The minimum atomic E-state index is -0.517. The van der Waals surface area contributed by atoms with Gasteiger partial charge in [-0.3, -0.25) is 4.79 Å². The summed E-state index contributed by atoms with van der Waals surface area (Å²) in [5.74, 6) is -0.415. The molecule has 0 bridgehead atoms. The maximum atomic E-state index is 12.2. The van der Waals surface area contributed by atoms with Gasteiger partial charge in [0.15, 0.2) is 0 Å². The first kappa shape index (κ1) is 14.4. The zero-order valence-electron chi connectivity index (χ0n) is 11.9. The van der Waals surface area contributed by atoms with E-state index in [2.05, 4.69) is 15.3 Å². The van der Waals surface area contributed by atoms with Crippen molar-refractivity contribution in [1.29, 1.82) is 5.26 Å². The highest BCUT2D eigenvalue weighted by atomic mass is 16.3. The van der Waals surface area contributed by atoms with Crippen LogP contribution in [0.4, 0.5) is 5.69 Å². The third kappa shape index (κ3) is 3.04. The van der Waals surface area contributed by atoms with Crippen molar-refractivity contribution in [3.8, 4) is 11.8 Å². The molecule has 3 rings (SSSR count). The second-order valence-corrected chi connectivity index (χ2v) is 4.81. The largest absolute Gasteiger partial charge is 0.508 e. The van der Waals surface area contributed by atoms with Gasteiger partial charge in [0, 0.05) is 29.0 Å². The van der Waals surface area contributed by atoms with E-state index >= 15 is 0 Å². The van der Waals surface area contributed by atoms with Gasteiger partial charge in [-0.05, 0) is 42.5 Å². The second kappa shape index (κ2) is 6.03. The molecule has 0 fully saturated rings. The molecule has 0 spiro atoms. The molecule has 0 atom stereocenters. The molecule has 2 aromatic heterocycles. The van der Waals surface area contributed by atoms with Crippen LogP contribution in [-0.2, 0) is 4.79 Å². The van der Waals surface area contributed by atoms with E-state index in [1.165, 1.54) is 18.2 Å². The van der Waals surface area contributed by atoms with E-state index in [0.29, 0.717) is 16.9 Å². The molecule has 6 heteroatoms. The lowest BCUT2D eigenvalue weighted by molar-refractivity contribution is -0.112. The van der Waals surface area contributed by atoms with Crippen molar-refractivity contribution in [1.82, 2.24) is 9.97 Å². The number of H-pyrrole nitrogens is 1. The minimum Gasteiger partial charge on any atom is -0.508 e. The van der Waals surface area contributed by atoms with E-state index in [-0.39, 0.29) is 11.3 Å². The molecule has 0 unspecified atom stereocenters. The van der Waals surface area contributed by atoms with Gasteiger partial charge in [0.1, 0.15) is 23.0 Å². The number of aromatic amines is 1. The highest BCUT2D eigenvalue weighted by Gasteiger charge is 2.11. The minimum absolute atomic E-state index is 0.0252. The Bertz CT molecular complexity index is 933. The number of nitrogens with zero attached hydrogens (tertiary/aromatic N) is 2. The molecule has 6 nitrogen and oxygen atoms in total. The van der Waals surface area contributed by atoms with E-state index in [4.69, 9.17) is 0 Å². The Morgan fingerprint density at radius 1 is 1.30 bits per heavy atom. The molecular formula is C17H12N4O2. The van der Waals surface area contributed by atoms with Gasteiger partial charge in [-0.1, -0.05) is 0 Å². The van der Waals surface area contributed by atoms with Gasteiger partial charge in [-0.2, -0.15) is 5.26 Å². The maximum Gasteiger partial charge on any atom is 0.266 e. The molecule has 0 aliphatic rings. The number of anilines is 1. The predicted molar refractivity (Wildman–Crippen MR) is 86.4 cm³/mol. The van der Waals surface area contributed by atoms with Crippen LogP contribution < -0.4 is 5.32 Å². The molecule has 0 radical (unpaired) electrons. The number of nitrogens with one attached hydrogen (secondary N) is 2. The van der Waals surface area contributed by atoms with Crippen molar-refractivity contribution in [3.05, 3.63) is 59.9 Å². The molecule has 1 amide bonds. The van der Waals surface area contributed by atoms with Gasteiger partial charge in [0.2, 0.25) is 0 Å². The monoisotopic (exact) mass is 304 g/mol. The van der Waals surface area contributed by atoms with Crippen molar-refractivity contribution >= 4 is 28.7 Å². The van der Waals surface area contributed by atoms with E-state index in [1.807, 2.05) is 12.1 Å². The van der Waals surface area contributed by atoms with Crippen LogP contribution in [0.5, 0.6) is 5.75 Å². The van der Waals surface area contributed by atoms with Crippen molar-refractivity contribution in [2.24, 2.45) is 0 Å². The molecule has 112 valence electrons. The van der Waals surface area contributed by atoms with Crippen LogP contribution in [0.2, 0.25) is 0 Å². The number of rotatable bonds is 3. The van der Waals surface area contributed by atoms with Gasteiger partial charge in [-0.25, -0.2) is 4.98 Å². The Morgan fingerprint density at radius 2 is 2.09 bits per heavy atom. The average Bonchev–Trinajstić information content (AvgIpc) is 2.97. The van der Waals surface area contributed by atoms with Crippen LogP contribution in [0.25, 0.3) is 17.1 Å². The molecule has 0 aliphatic heterocycles. The number of benzene rings is 1. The van der Waals surface area contributed by atoms with Gasteiger partial charge < -0.3 is 15.4 Å². The molecule has 0 aliphatic carbocycles. The van der Waals surface area contributed by atoms with Crippen LogP contribution >= 0.6 is 0 Å². The van der Waals surface area contributed by atoms with Crippen LogP contribution in [-0.4, -0.2) is 21.0 Å². The number of carbonyl (C=O) groups is 1. The highest BCUT2D eigenvalue weighted by molar-refractivity contribution is 6.10. The molecule has 2 heterocycles. The van der Waals surface area contributed by atoms with Crippen LogP contribution in [0.1, 0.15) is 5.56 Å². The van der Waals surface area contributed by atoms with E-state index in [0.717, 1.165) is 5.39 Å². The number of hydrogen-bond acceptors (Lipinski definition) is 4. The summed E-state index contributed by atoms with van der Waals surface area (Å²) in [7, 11) is 0. The summed E-state index contributed by atoms with van der Waals surface area (Å²) >= 11 is 0. The molecular weight excluding hydrogens is 292 g/mol. The number of phenolic OH excluding ortho intramolecular Hbond substituents is 1. The lowest BCUT2D eigenvalue weighted by Gasteiger charge is -2.04. The topological polar surface area (TPSA) is 102 Å². The fourth-order valence-corrected chi connectivity index (χ4v) is 2.14. The Hall–Kier alpha value is -3.59. The first-order valence-corrected chi connectivity index (χ1v) is 6.81. The number of aromatic hydroxyl groups is 1. The first-order chi connectivity index (χ1) is 11.2. The number of fused-ring (bicyclic) bond motifs is 1. The third-order valence-corrected chi connectivity index (χ3v) is 3.27. The highest BCUT2D eigenvalue weighted by Crippen LogP contribution is 2.19. The fourth-order valence-electron chi connectivity index (χ4n) is 2.14. The van der Waals surface area contributed by atoms with Crippen LogP contribution in [0.3, 0.4) is 0 Å². The SMILES string of the molecule is N#CC(=Cc1c[nH]c2ncccc12)C(=O)Nc1ccc(O)cc1. The zero-order valence-corrected chi connectivity index (χ0v) is 11.9. The smallest absolute Gasteiger partial charge is 0.266 e. The molecule has 3 N–H and O–H groups in total. The number of pyridine rings is 1. The van der Waals surface area contributed by atoms with Gasteiger partial charge >= 0.3 is 0 Å². The Labute approximate surface area is 131 Å². The van der Waals surface area contributed by atoms with Gasteiger partial charge in [0.05, 0.1) is 0 Å². The Morgan fingerprint density at radius 3 is 2.83 bits per heavy atom. The van der Waals surface area contributed by atoms with Crippen LogP contribution in [0.15, 0.2) is 54.4 Å². The van der Waals surface area contributed by atoms with Crippen LogP contribution in [0, 0.1) is 11.3 Å². The summed E-state index contributed by atoms with van der Waals surface area (Å²) in [5, 5.41) is 21.9. The number of aromatic nitrogens is 2. The van der Waals surface area contributed by atoms with Gasteiger partial charge in [0.25, 0.3) is 5.91 Å². The molecule has 1 aromatic carbocycles. The van der Waals surface area contributed by atoms with Crippen molar-refractivity contribution in [3.63, 3.8) is 0 Å². The molecule has 23 heavy (non-hydrogen) atoms. The average molecular weight is 304 g/mol. The quantitative estimate of drug-likeness (QED) is 0.393. The fraction of sp³-hybridized carbons (Fsp3) is 0. The zero-order chi connectivity index (χ0) is 16.2. The predicted octanol–water partition coefficient (Wildman–Crippen LogP) is 2.81. The molecule has 0 saturated carbocycles. The number of amides is 1. The van der Waals surface area contributed by atoms with Crippen molar-refractivity contribution < 1.29 is 9.90 Å². The normalized spacial score (nSPS) is 11.2. The summed E-state index contributed by atoms with van der Waals surface area (Å²) < 4.78 is 0. The number of hydrogen-bond donors (Lipinski definition) is 3. The second-order valence-electron chi connectivity index (χ2n) is 4.81. The van der Waals surface area contributed by atoms with E-state index in [1.54, 1.807) is 30.6 Å². The summed E-state index contributed by atoms with van der Waals surface area (Å²) in [6, 6.07) is 11.6. The summed E-state index contributed by atoms with van der Waals surface area (Å²) in [6.07, 6.45) is 4.87. The summed E-state index contributed by atoms with van der Waals surface area (Å²) in [5.41, 5.74) is 1.87. The molecule has 0 saturated heterocycles. The Balaban J connectivity index is 1.88. The third-order valence-electron chi connectivity index (χ3n) is 3.27. The van der Waals surface area contributed by atoms with Gasteiger partial charge in [-0.15, -0.1) is 0 Å². The number of nitriles is 1. The van der Waals surface area contributed by atoms with E-state index < -0.39 is 5.91 Å². The standard InChI is InChI=1S/C17H12N4O2/c18-9-11(17(23)21-13-3-5-14(22)6-4-13)8-12-10-20-16-15(12)2-1-7-19-16/h1-8,10,22H,(H,19,20)(H,21,23). The molecule has 3 aromatic rings. The Kier molecular flexibility index (Phi) is 3.77. The number of phenols is 1. The summed E-state index contributed by atoms with van der Waals surface area (Å²) in [6.45, 7) is 0. The summed E-state index contributed by atoms with van der Waals surface area (Å²) in [4.78, 5) is 19.4. The maximum absolute atomic E-state index is 12.2. The lowest BCUT2D eigenvalue weighted by atomic mass is 10.1. The van der Waals surface area contributed by atoms with Crippen molar-refractivity contribution in [2.75, 3.05) is 5.32 Å².